The van der Waals surface area contributed by atoms with Crippen molar-refractivity contribution < 1.29 is 4.79 Å². The van der Waals surface area contributed by atoms with Gasteiger partial charge in [0.2, 0.25) is 0 Å². The van der Waals surface area contributed by atoms with Crippen LogP contribution < -0.4 is 0 Å². The smallest absolute Gasteiger partial charge is 0.156 e. The van der Waals surface area contributed by atoms with Crippen LogP contribution in [-0.4, -0.2) is 11.2 Å². The number of carbonyl (C=O) groups excluding carboxylic acids is 1. The lowest BCUT2D eigenvalue weighted by Gasteiger charge is -2.36. The molecular weight excluding hydrogens is 172 g/mol. The molecule has 1 rings (SSSR count). The fourth-order valence-electron chi connectivity index (χ4n) is 0.934. The zero-order valence-electron chi connectivity index (χ0n) is 8.28. The molecule has 0 aromatic rings. The third kappa shape index (κ3) is 3.40. The van der Waals surface area contributed by atoms with Gasteiger partial charge in [-0.15, -0.1) is 18.2 Å². The molecule has 0 aromatic heterocycles. The van der Waals surface area contributed by atoms with Crippen molar-refractivity contribution in [2.75, 3.05) is 0 Å². The van der Waals surface area contributed by atoms with Crippen molar-refractivity contribution >= 4 is 17.4 Å². The van der Waals surface area contributed by atoms with Crippen LogP contribution in [0.1, 0.15) is 34.1 Å². The highest BCUT2D eigenvalue weighted by Crippen LogP contribution is 2.39. The maximum atomic E-state index is 10.8. The van der Waals surface area contributed by atoms with Gasteiger partial charge in [-0.25, -0.2) is 0 Å². The Labute approximate surface area is 79.8 Å². The Morgan fingerprint density at radius 2 is 1.92 bits per heavy atom. The second kappa shape index (κ2) is 4.08. The molecule has 12 heavy (non-hydrogen) atoms. The van der Waals surface area contributed by atoms with E-state index in [9.17, 15) is 4.79 Å². The molecular formula is C10H17ClO. The van der Waals surface area contributed by atoms with E-state index in [-0.39, 0.29) is 16.6 Å². The number of hydrogen-bond acceptors (Lipinski definition) is 1. The van der Waals surface area contributed by atoms with Crippen LogP contribution in [0.4, 0.5) is 0 Å². The minimum absolute atomic E-state index is 0.119. The Balaban J connectivity index is 0.000000261. The zero-order chi connectivity index (χ0) is 9.94. The van der Waals surface area contributed by atoms with Crippen molar-refractivity contribution in [1.82, 2.24) is 0 Å². The van der Waals surface area contributed by atoms with Gasteiger partial charge in [-0.3, -0.25) is 4.79 Å². The number of Topliss-reactive ketones (excluding diaryl/α,β-unsaturated/α-hetero) is 1. The first-order valence-electron chi connectivity index (χ1n) is 4.08. The molecule has 2 heteroatoms. The Kier molecular flexibility index (Phi) is 3.98. The fourth-order valence-corrected chi connectivity index (χ4v) is 1.62. The predicted molar refractivity (Wildman–Crippen MR) is 53.5 cm³/mol. The van der Waals surface area contributed by atoms with Crippen molar-refractivity contribution in [3.63, 3.8) is 0 Å². The topological polar surface area (TPSA) is 17.1 Å². The summed E-state index contributed by atoms with van der Waals surface area (Å²) in [6.07, 6.45) is 0.841. The highest BCUT2D eigenvalue weighted by atomic mass is 35.5. The Morgan fingerprint density at radius 1 is 1.58 bits per heavy atom. The van der Waals surface area contributed by atoms with Gasteiger partial charge in [0.1, 0.15) is 0 Å². The van der Waals surface area contributed by atoms with Crippen molar-refractivity contribution in [2.24, 2.45) is 5.41 Å². The minimum Gasteiger partial charge on any atom is -0.297 e. The van der Waals surface area contributed by atoms with Gasteiger partial charge in [0.05, 0.1) is 5.38 Å². The first-order valence-corrected chi connectivity index (χ1v) is 4.51. The van der Waals surface area contributed by atoms with E-state index in [0.717, 1.165) is 6.42 Å². The lowest BCUT2D eigenvalue weighted by atomic mass is 9.70. The molecule has 1 fully saturated rings. The van der Waals surface area contributed by atoms with Crippen LogP contribution in [0.25, 0.3) is 0 Å². The summed E-state index contributed by atoms with van der Waals surface area (Å²) in [5.41, 5.74) is 1.05. The second-order valence-corrected chi connectivity index (χ2v) is 4.65. The molecule has 0 bridgehead atoms. The normalized spacial score (nSPS) is 25.1. The number of rotatable bonds is 0. The van der Waals surface area contributed by atoms with Crippen molar-refractivity contribution in [1.29, 1.82) is 0 Å². The van der Waals surface area contributed by atoms with E-state index < -0.39 is 0 Å². The molecule has 1 aliphatic carbocycles. The largest absolute Gasteiger partial charge is 0.297 e. The maximum absolute atomic E-state index is 10.8. The molecule has 1 aliphatic rings. The second-order valence-electron chi connectivity index (χ2n) is 4.13. The molecule has 0 aliphatic heterocycles. The first kappa shape index (κ1) is 11.7. The number of alkyl halides is 1. The third-order valence-electron chi connectivity index (χ3n) is 1.64. The van der Waals surface area contributed by atoms with Crippen molar-refractivity contribution in [3.05, 3.63) is 12.2 Å². The number of halogens is 1. The summed E-state index contributed by atoms with van der Waals surface area (Å²) in [6, 6.07) is 0. The number of carbonyl (C=O) groups is 1. The monoisotopic (exact) mass is 188 g/mol. The molecule has 1 atom stereocenters. The van der Waals surface area contributed by atoms with Crippen LogP contribution in [0, 0.1) is 5.41 Å². The average Bonchev–Trinajstić information content (AvgIpc) is 1.85. The average molecular weight is 189 g/mol. The highest BCUT2D eigenvalue weighted by Gasteiger charge is 2.44. The molecule has 1 unspecified atom stereocenters. The number of ketones is 1. The van der Waals surface area contributed by atoms with Gasteiger partial charge in [0.15, 0.2) is 5.78 Å². The molecule has 70 valence electrons. The maximum Gasteiger partial charge on any atom is 0.156 e. The minimum atomic E-state index is -0.190. The van der Waals surface area contributed by atoms with Crippen LogP contribution in [0.3, 0.4) is 0 Å². The standard InChI is InChI=1S/C6H9ClO.C4H8/c1-6(2)3-4(7)5(6)8;1-4(2)3/h4H,3H2,1-2H3;1H2,2-3H3. The van der Waals surface area contributed by atoms with E-state index in [4.69, 9.17) is 11.6 Å². The van der Waals surface area contributed by atoms with E-state index >= 15 is 0 Å². The van der Waals surface area contributed by atoms with E-state index in [2.05, 4.69) is 6.58 Å². The quantitative estimate of drug-likeness (QED) is 0.422. The van der Waals surface area contributed by atoms with E-state index in [0.29, 0.717) is 0 Å². The lowest BCUT2D eigenvalue weighted by Crippen LogP contribution is -2.45. The van der Waals surface area contributed by atoms with Gasteiger partial charge in [-0.05, 0) is 20.3 Å². The van der Waals surface area contributed by atoms with Crippen LogP contribution in [-0.2, 0) is 4.79 Å². The number of hydrogen-bond donors (Lipinski definition) is 0. The molecule has 0 saturated heterocycles. The highest BCUT2D eigenvalue weighted by molar-refractivity contribution is 6.34. The summed E-state index contributed by atoms with van der Waals surface area (Å²) in [5.74, 6) is 0.194. The van der Waals surface area contributed by atoms with E-state index in [1.807, 2.05) is 27.7 Å². The third-order valence-corrected chi connectivity index (χ3v) is 1.99. The van der Waals surface area contributed by atoms with Crippen LogP contribution >= 0.6 is 11.6 Å². The summed E-state index contributed by atoms with van der Waals surface area (Å²) < 4.78 is 0. The summed E-state index contributed by atoms with van der Waals surface area (Å²) in [6.45, 7) is 11.3. The molecule has 0 aromatic carbocycles. The molecule has 0 N–H and O–H groups in total. The summed E-state index contributed by atoms with van der Waals surface area (Å²) >= 11 is 5.53. The van der Waals surface area contributed by atoms with Gasteiger partial charge in [-0.2, -0.15) is 0 Å². The van der Waals surface area contributed by atoms with Gasteiger partial charge < -0.3 is 0 Å². The predicted octanol–water partition coefficient (Wildman–Crippen LogP) is 3.18. The number of allylic oxidation sites excluding steroid dienone is 1. The lowest BCUT2D eigenvalue weighted by molar-refractivity contribution is -0.134. The van der Waals surface area contributed by atoms with Gasteiger partial charge in [0.25, 0.3) is 0 Å². The van der Waals surface area contributed by atoms with Gasteiger partial charge in [-0.1, -0.05) is 19.4 Å². The van der Waals surface area contributed by atoms with Crippen molar-refractivity contribution in [2.45, 2.75) is 39.5 Å². The molecule has 0 amide bonds. The fraction of sp³-hybridized carbons (Fsp3) is 0.700. The van der Waals surface area contributed by atoms with Crippen LogP contribution in [0.15, 0.2) is 12.2 Å². The Hall–Kier alpha value is -0.300. The summed E-state index contributed by atoms with van der Waals surface area (Å²) in [7, 11) is 0. The van der Waals surface area contributed by atoms with Crippen LogP contribution in [0.5, 0.6) is 0 Å². The SMILES string of the molecule is C=C(C)C.CC1(C)CC(Cl)C1=O. The summed E-state index contributed by atoms with van der Waals surface area (Å²) in [4.78, 5) is 10.8. The Bertz CT molecular complexity index is 190. The molecule has 0 heterocycles. The van der Waals surface area contributed by atoms with Crippen LogP contribution in [0.2, 0.25) is 0 Å². The Morgan fingerprint density at radius 3 is 1.92 bits per heavy atom. The first-order chi connectivity index (χ1) is 5.27. The molecule has 0 radical (unpaired) electrons. The van der Waals surface area contributed by atoms with Gasteiger partial charge >= 0.3 is 0 Å². The van der Waals surface area contributed by atoms with Crippen molar-refractivity contribution in [3.8, 4) is 0 Å². The summed E-state index contributed by atoms with van der Waals surface area (Å²) in [5, 5.41) is -0.190. The molecule has 0 spiro atoms. The molecule has 1 nitrogen and oxygen atoms in total. The van der Waals surface area contributed by atoms with Gasteiger partial charge in [0, 0.05) is 5.41 Å². The molecule has 1 saturated carbocycles. The van der Waals surface area contributed by atoms with E-state index in [1.165, 1.54) is 5.57 Å². The van der Waals surface area contributed by atoms with E-state index in [1.54, 1.807) is 0 Å². The zero-order valence-corrected chi connectivity index (χ0v) is 9.03.